The average molecular weight is 726 g/mol. The lowest BCUT2D eigenvalue weighted by molar-refractivity contribution is 1.17. The summed E-state index contributed by atoms with van der Waals surface area (Å²) >= 11 is 0. The second-order valence-corrected chi connectivity index (χ2v) is 14.9. The summed E-state index contributed by atoms with van der Waals surface area (Å²) in [5.41, 5.74) is 15.5. The molecule has 3 heteroatoms. The summed E-state index contributed by atoms with van der Waals surface area (Å²) in [4.78, 5) is 0. The van der Waals surface area contributed by atoms with E-state index in [0.717, 1.165) is 11.4 Å². The molecule has 12 rings (SSSR count). The van der Waals surface area contributed by atoms with Crippen LogP contribution in [0.2, 0.25) is 0 Å². The summed E-state index contributed by atoms with van der Waals surface area (Å²) < 4.78 is 7.31. The van der Waals surface area contributed by atoms with Crippen molar-refractivity contribution in [2.75, 3.05) is 0 Å². The first-order chi connectivity index (χ1) is 28.3. The summed E-state index contributed by atoms with van der Waals surface area (Å²) in [6, 6.07) is 77.3. The molecule has 0 bridgehead atoms. The molecule has 12 aromatic rings. The first-order valence-corrected chi connectivity index (χ1v) is 19.6. The van der Waals surface area contributed by atoms with Crippen LogP contribution in [0.25, 0.3) is 105 Å². The molecule has 266 valence electrons. The topological polar surface area (TPSA) is 14.8 Å². The Kier molecular flexibility index (Phi) is 6.93. The molecule has 0 unspecified atom stereocenters. The van der Waals surface area contributed by atoms with Crippen molar-refractivity contribution in [3.8, 4) is 39.3 Å². The highest BCUT2D eigenvalue weighted by atomic mass is 15.0. The van der Waals surface area contributed by atoms with Gasteiger partial charge in [-0.3, -0.25) is 0 Å². The van der Waals surface area contributed by atoms with E-state index in [4.69, 9.17) is 0 Å². The number of hydrogen-bond donors (Lipinski definition) is 0. The molecule has 0 amide bonds. The maximum absolute atomic E-state index is 2.48. The molecule has 0 saturated carbocycles. The Hall–Kier alpha value is -7.62. The lowest BCUT2D eigenvalue weighted by Crippen LogP contribution is -1.96. The van der Waals surface area contributed by atoms with Gasteiger partial charge in [0.25, 0.3) is 0 Å². The normalized spacial score (nSPS) is 11.9. The van der Waals surface area contributed by atoms with Gasteiger partial charge in [0, 0.05) is 49.4 Å². The van der Waals surface area contributed by atoms with Crippen molar-refractivity contribution in [2.24, 2.45) is 0 Å². The highest BCUT2D eigenvalue weighted by Gasteiger charge is 2.21. The molecular weight excluding hydrogens is 691 g/mol. The van der Waals surface area contributed by atoms with Crippen molar-refractivity contribution in [1.29, 1.82) is 0 Å². The van der Waals surface area contributed by atoms with E-state index in [1.165, 1.54) is 93.4 Å². The molecule has 0 N–H and O–H groups in total. The highest BCUT2D eigenvalue weighted by Crippen LogP contribution is 2.43. The van der Waals surface area contributed by atoms with Crippen LogP contribution >= 0.6 is 0 Å². The fourth-order valence-electron chi connectivity index (χ4n) is 9.42. The minimum absolute atomic E-state index is 1.14. The molecule has 0 aliphatic rings. The second-order valence-electron chi connectivity index (χ2n) is 14.9. The Morgan fingerprint density at radius 2 is 0.754 bits per heavy atom. The van der Waals surface area contributed by atoms with Gasteiger partial charge < -0.3 is 13.7 Å². The van der Waals surface area contributed by atoms with Crippen LogP contribution in [0.15, 0.2) is 212 Å². The Morgan fingerprint density at radius 3 is 1.47 bits per heavy atom. The van der Waals surface area contributed by atoms with Gasteiger partial charge in [0.15, 0.2) is 0 Å². The van der Waals surface area contributed by atoms with Crippen molar-refractivity contribution in [1.82, 2.24) is 13.7 Å². The van der Waals surface area contributed by atoms with Gasteiger partial charge in [0.05, 0.1) is 33.1 Å². The Morgan fingerprint density at radius 1 is 0.246 bits per heavy atom. The van der Waals surface area contributed by atoms with Crippen LogP contribution in [0.3, 0.4) is 0 Å². The molecule has 57 heavy (non-hydrogen) atoms. The Balaban J connectivity index is 1.07. The predicted octanol–water partition coefficient (Wildman–Crippen LogP) is 14.3. The van der Waals surface area contributed by atoms with E-state index >= 15 is 0 Å². The van der Waals surface area contributed by atoms with Gasteiger partial charge in [-0.25, -0.2) is 0 Å². The number of para-hydroxylation sites is 4. The fourth-order valence-corrected chi connectivity index (χ4v) is 9.42. The van der Waals surface area contributed by atoms with E-state index in [1.54, 1.807) is 0 Å². The van der Waals surface area contributed by atoms with Crippen molar-refractivity contribution in [3.63, 3.8) is 0 Å². The van der Waals surface area contributed by atoms with Gasteiger partial charge >= 0.3 is 0 Å². The van der Waals surface area contributed by atoms with E-state index in [0.29, 0.717) is 0 Å². The molecule has 3 aromatic heterocycles. The number of hydrogen-bond acceptors (Lipinski definition) is 0. The van der Waals surface area contributed by atoms with Crippen LogP contribution in [0.1, 0.15) is 0 Å². The molecule has 9 aromatic carbocycles. The van der Waals surface area contributed by atoms with Crippen LogP contribution in [0, 0.1) is 0 Å². The second kappa shape index (κ2) is 12.5. The van der Waals surface area contributed by atoms with Crippen molar-refractivity contribution in [3.05, 3.63) is 212 Å². The summed E-state index contributed by atoms with van der Waals surface area (Å²) in [5, 5.41) is 7.53. The van der Waals surface area contributed by atoms with Gasteiger partial charge in [-0.1, -0.05) is 146 Å². The summed E-state index contributed by atoms with van der Waals surface area (Å²) in [5.74, 6) is 0. The van der Waals surface area contributed by atoms with Crippen molar-refractivity contribution >= 4 is 65.4 Å². The quantitative estimate of drug-likeness (QED) is 0.168. The first-order valence-electron chi connectivity index (χ1n) is 19.6. The molecule has 0 radical (unpaired) electrons. The zero-order valence-electron chi connectivity index (χ0n) is 31.0. The maximum atomic E-state index is 2.48. The lowest BCUT2D eigenvalue weighted by atomic mass is 9.99. The Labute approximate surface area is 329 Å². The number of aromatic nitrogens is 3. The van der Waals surface area contributed by atoms with E-state index in [2.05, 4.69) is 226 Å². The van der Waals surface area contributed by atoms with Crippen LogP contribution in [0.5, 0.6) is 0 Å². The first kappa shape index (κ1) is 31.7. The average Bonchev–Trinajstić information content (AvgIpc) is 3.93. The van der Waals surface area contributed by atoms with E-state index in [9.17, 15) is 0 Å². The summed E-state index contributed by atoms with van der Waals surface area (Å²) in [6.07, 6.45) is 0. The van der Waals surface area contributed by atoms with Gasteiger partial charge in [0.2, 0.25) is 0 Å². The maximum Gasteiger partial charge on any atom is 0.0641 e. The molecular formula is C54H35N3. The number of fused-ring (bicyclic) bond motifs is 10. The monoisotopic (exact) mass is 725 g/mol. The third-order valence-corrected chi connectivity index (χ3v) is 11.8. The molecule has 3 nitrogen and oxygen atoms in total. The molecule has 0 aliphatic carbocycles. The van der Waals surface area contributed by atoms with E-state index in [1.807, 2.05) is 0 Å². The third kappa shape index (κ3) is 4.73. The summed E-state index contributed by atoms with van der Waals surface area (Å²) in [7, 11) is 0. The van der Waals surface area contributed by atoms with Gasteiger partial charge in [-0.15, -0.1) is 0 Å². The van der Waals surface area contributed by atoms with E-state index < -0.39 is 0 Å². The lowest BCUT2D eigenvalue weighted by Gasteiger charge is -2.12. The zero-order chi connectivity index (χ0) is 37.5. The van der Waals surface area contributed by atoms with Gasteiger partial charge in [-0.05, 0) is 89.0 Å². The minimum Gasteiger partial charge on any atom is -0.309 e. The van der Waals surface area contributed by atoms with Crippen molar-refractivity contribution in [2.45, 2.75) is 0 Å². The standard InChI is InChI=1S/C54H35N3/c1-3-15-36(16-4-1)38-17-13-20-41(35-38)57-47-25-10-7-21-43(47)44-33-34-51-53(54(44)57)46-23-9-12-27-49(46)56(51)40-31-29-37(30-32-40)42-24-14-28-50-52(42)45-22-8-11-26-48(45)55(50)39-18-5-2-6-19-39/h1-35H. The molecule has 0 atom stereocenters. The smallest absolute Gasteiger partial charge is 0.0641 e. The SMILES string of the molecule is c1ccc(-c2cccc(-n3c4ccccc4c4ccc5c(c6ccccc6n5-c5ccc(-c6cccc7c6c6ccccc6n7-c6ccccc6)cc5)c43)c2)cc1. The van der Waals surface area contributed by atoms with Crippen LogP contribution in [-0.4, -0.2) is 13.7 Å². The molecule has 3 heterocycles. The number of benzene rings is 9. The number of rotatable bonds is 5. The predicted molar refractivity (Wildman–Crippen MR) is 240 cm³/mol. The van der Waals surface area contributed by atoms with E-state index in [-0.39, 0.29) is 0 Å². The van der Waals surface area contributed by atoms with Gasteiger partial charge in [0.1, 0.15) is 0 Å². The molecule has 0 spiro atoms. The minimum atomic E-state index is 1.14. The van der Waals surface area contributed by atoms with Crippen molar-refractivity contribution < 1.29 is 0 Å². The fraction of sp³-hybridized carbons (Fsp3) is 0. The van der Waals surface area contributed by atoms with Gasteiger partial charge in [-0.2, -0.15) is 0 Å². The zero-order valence-corrected chi connectivity index (χ0v) is 31.0. The summed E-state index contributed by atoms with van der Waals surface area (Å²) in [6.45, 7) is 0. The number of nitrogens with zero attached hydrogens (tertiary/aromatic N) is 3. The molecule has 0 saturated heterocycles. The van der Waals surface area contributed by atoms with Crippen LogP contribution in [0.4, 0.5) is 0 Å². The third-order valence-electron chi connectivity index (χ3n) is 11.8. The Bertz CT molecular complexity index is 3490. The largest absolute Gasteiger partial charge is 0.309 e. The molecule has 0 aliphatic heterocycles. The van der Waals surface area contributed by atoms with Crippen LogP contribution < -0.4 is 0 Å². The highest BCUT2D eigenvalue weighted by molar-refractivity contribution is 6.26. The molecule has 0 fully saturated rings. The van der Waals surface area contributed by atoms with Crippen LogP contribution in [-0.2, 0) is 0 Å².